The zero-order valence-corrected chi connectivity index (χ0v) is 13.4. The van der Waals surface area contributed by atoms with Crippen molar-refractivity contribution < 1.29 is 0 Å². The van der Waals surface area contributed by atoms with E-state index < -0.39 is 0 Å². The predicted molar refractivity (Wildman–Crippen MR) is 89.5 cm³/mol. The molecule has 0 heterocycles. The Morgan fingerprint density at radius 1 is 0.737 bits per heavy atom. The molecule has 0 amide bonds. The van der Waals surface area contributed by atoms with E-state index in [-0.39, 0.29) is 0 Å². The topological polar surface area (TPSA) is 0 Å². The van der Waals surface area contributed by atoms with Gasteiger partial charge in [0.1, 0.15) is 0 Å². The smallest absolute Gasteiger partial charge is 0.0224 e. The van der Waals surface area contributed by atoms with Crippen molar-refractivity contribution in [2.24, 2.45) is 5.92 Å². The fraction of sp³-hybridized carbons (Fsp3) is 0.684. The lowest BCUT2D eigenvalue weighted by atomic mass is 10.1. The molecule has 0 aromatic rings. The maximum atomic E-state index is 2.35. The zero-order chi connectivity index (χ0) is 14.2. The van der Waals surface area contributed by atoms with Gasteiger partial charge in [-0.2, -0.15) is 0 Å². The van der Waals surface area contributed by atoms with Crippen LogP contribution in [0.15, 0.2) is 36.5 Å². The highest BCUT2D eigenvalue weighted by Crippen LogP contribution is 2.07. The summed E-state index contributed by atoms with van der Waals surface area (Å²) in [6, 6.07) is 0. The van der Waals surface area contributed by atoms with E-state index in [2.05, 4.69) is 57.2 Å². The highest BCUT2D eigenvalue weighted by Gasteiger charge is 1.91. The highest BCUT2D eigenvalue weighted by atomic mass is 14.0. The molecule has 0 bridgehead atoms. The molecule has 19 heavy (non-hydrogen) atoms. The summed E-state index contributed by atoms with van der Waals surface area (Å²) in [4.78, 5) is 0. The van der Waals surface area contributed by atoms with Crippen LogP contribution >= 0.6 is 0 Å². The third kappa shape index (κ3) is 15.2. The normalized spacial score (nSPS) is 14.1. The summed E-state index contributed by atoms with van der Waals surface area (Å²) in [7, 11) is 0. The van der Waals surface area contributed by atoms with Gasteiger partial charge in [-0.15, -0.1) is 0 Å². The van der Waals surface area contributed by atoms with Crippen LogP contribution in [-0.4, -0.2) is 0 Å². The molecule has 0 fully saturated rings. The molecule has 0 N–H and O–H groups in total. The van der Waals surface area contributed by atoms with Gasteiger partial charge in [-0.05, 0) is 38.0 Å². The number of hydrogen-bond acceptors (Lipinski definition) is 0. The Labute approximate surface area is 121 Å². The maximum Gasteiger partial charge on any atom is -0.0224 e. The molecule has 0 rings (SSSR count). The highest BCUT2D eigenvalue weighted by molar-refractivity contribution is 5.04. The van der Waals surface area contributed by atoms with Gasteiger partial charge in [-0.1, -0.05) is 82.9 Å². The summed E-state index contributed by atoms with van der Waals surface area (Å²) in [5, 5.41) is 0. The fourth-order valence-corrected chi connectivity index (χ4v) is 1.96. The van der Waals surface area contributed by atoms with Crippen molar-refractivity contribution in [3.05, 3.63) is 36.5 Å². The Morgan fingerprint density at radius 2 is 1.37 bits per heavy atom. The zero-order valence-electron chi connectivity index (χ0n) is 13.4. The van der Waals surface area contributed by atoms with E-state index >= 15 is 0 Å². The van der Waals surface area contributed by atoms with Crippen LogP contribution in [0.1, 0.15) is 78.6 Å². The fourth-order valence-electron chi connectivity index (χ4n) is 1.96. The summed E-state index contributed by atoms with van der Waals surface area (Å²) in [6.45, 7) is 6.80. The molecule has 0 saturated heterocycles. The molecule has 0 heteroatoms. The molecule has 0 aromatic carbocycles. The number of unbranched alkanes of at least 4 members (excludes halogenated alkanes) is 6. The summed E-state index contributed by atoms with van der Waals surface area (Å²) in [6.07, 6.45) is 25.4. The van der Waals surface area contributed by atoms with E-state index in [0.717, 1.165) is 0 Å². The van der Waals surface area contributed by atoms with Crippen molar-refractivity contribution in [1.82, 2.24) is 0 Å². The first-order valence-electron chi connectivity index (χ1n) is 8.29. The van der Waals surface area contributed by atoms with Gasteiger partial charge in [0.15, 0.2) is 0 Å². The standard InChI is InChI=1S/C19H34/c1-4-6-8-10-12-14-16-18-19(3)17-15-13-11-9-7-5-2/h12-16,18-19H,4-11,17H2,1-3H3/b14-12-,15-13-,18-16?. The molecule has 0 spiro atoms. The molecule has 1 unspecified atom stereocenters. The van der Waals surface area contributed by atoms with Crippen LogP contribution in [0.2, 0.25) is 0 Å². The van der Waals surface area contributed by atoms with Gasteiger partial charge in [-0.25, -0.2) is 0 Å². The lowest BCUT2D eigenvalue weighted by Gasteiger charge is -2.00. The molecule has 0 nitrogen and oxygen atoms in total. The second kappa shape index (κ2) is 15.3. The van der Waals surface area contributed by atoms with Crippen molar-refractivity contribution in [3.8, 4) is 0 Å². The van der Waals surface area contributed by atoms with Gasteiger partial charge in [0.25, 0.3) is 0 Å². The molecule has 0 aliphatic rings. The maximum absolute atomic E-state index is 2.35. The van der Waals surface area contributed by atoms with E-state index in [1.807, 2.05) is 0 Å². The van der Waals surface area contributed by atoms with Crippen LogP contribution in [0.25, 0.3) is 0 Å². The van der Waals surface area contributed by atoms with Gasteiger partial charge < -0.3 is 0 Å². The van der Waals surface area contributed by atoms with E-state index in [0.29, 0.717) is 5.92 Å². The minimum atomic E-state index is 0.655. The Balaban J connectivity index is 3.53. The number of hydrogen-bond donors (Lipinski definition) is 0. The first kappa shape index (κ1) is 18.2. The van der Waals surface area contributed by atoms with Crippen LogP contribution in [0, 0.1) is 5.92 Å². The van der Waals surface area contributed by atoms with E-state index in [4.69, 9.17) is 0 Å². The van der Waals surface area contributed by atoms with Crippen LogP contribution in [0.4, 0.5) is 0 Å². The third-order valence-electron chi connectivity index (χ3n) is 3.31. The van der Waals surface area contributed by atoms with Crippen molar-refractivity contribution >= 4 is 0 Å². The molecule has 110 valence electrons. The van der Waals surface area contributed by atoms with Gasteiger partial charge >= 0.3 is 0 Å². The summed E-state index contributed by atoms with van der Waals surface area (Å²) in [5.41, 5.74) is 0. The molecular weight excluding hydrogens is 228 g/mol. The van der Waals surface area contributed by atoms with E-state index in [1.165, 1.54) is 57.8 Å². The SMILES string of the molecule is CCCCC/C=C\C=CC(C)C/C=C\CCCCC. The van der Waals surface area contributed by atoms with Crippen molar-refractivity contribution in [3.63, 3.8) is 0 Å². The average Bonchev–Trinajstić information content (AvgIpc) is 2.41. The Bertz CT molecular complexity index is 245. The second-order valence-electron chi connectivity index (χ2n) is 5.49. The average molecular weight is 262 g/mol. The molecule has 1 atom stereocenters. The van der Waals surface area contributed by atoms with Crippen molar-refractivity contribution in [2.45, 2.75) is 78.6 Å². The second-order valence-corrected chi connectivity index (χ2v) is 5.49. The molecule has 0 aromatic heterocycles. The van der Waals surface area contributed by atoms with Gasteiger partial charge in [0.05, 0.1) is 0 Å². The van der Waals surface area contributed by atoms with Gasteiger partial charge in [0.2, 0.25) is 0 Å². The quantitative estimate of drug-likeness (QED) is 0.205. The largest absolute Gasteiger partial charge is 0.0885 e. The molecule has 0 aliphatic carbocycles. The van der Waals surface area contributed by atoms with E-state index in [9.17, 15) is 0 Å². The molecular formula is C19H34. The van der Waals surface area contributed by atoms with E-state index in [1.54, 1.807) is 0 Å². The molecule has 0 saturated carbocycles. The van der Waals surface area contributed by atoms with Crippen molar-refractivity contribution in [2.75, 3.05) is 0 Å². The third-order valence-corrected chi connectivity index (χ3v) is 3.31. The first-order valence-corrected chi connectivity index (χ1v) is 8.29. The van der Waals surface area contributed by atoms with Gasteiger partial charge in [0, 0.05) is 0 Å². The lowest BCUT2D eigenvalue weighted by molar-refractivity contribution is 0.717. The predicted octanol–water partition coefficient (Wildman–Crippen LogP) is 6.84. The summed E-state index contributed by atoms with van der Waals surface area (Å²) in [5.74, 6) is 0.655. The molecule has 0 aliphatic heterocycles. The lowest BCUT2D eigenvalue weighted by Crippen LogP contribution is -1.85. The number of rotatable bonds is 12. The minimum absolute atomic E-state index is 0.655. The van der Waals surface area contributed by atoms with Gasteiger partial charge in [-0.3, -0.25) is 0 Å². The first-order chi connectivity index (χ1) is 9.31. The Hall–Kier alpha value is -0.780. The Kier molecular flexibility index (Phi) is 14.7. The number of allylic oxidation sites excluding steroid dienone is 6. The minimum Gasteiger partial charge on any atom is -0.0885 e. The summed E-state index contributed by atoms with van der Waals surface area (Å²) >= 11 is 0. The Morgan fingerprint density at radius 3 is 2.00 bits per heavy atom. The van der Waals surface area contributed by atoms with Crippen LogP contribution in [0.5, 0.6) is 0 Å². The van der Waals surface area contributed by atoms with Crippen molar-refractivity contribution in [1.29, 1.82) is 0 Å². The van der Waals surface area contributed by atoms with Crippen LogP contribution in [0.3, 0.4) is 0 Å². The van der Waals surface area contributed by atoms with Crippen LogP contribution < -0.4 is 0 Å². The summed E-state index contributed by atoms with van der Waals surface area (Å²) < 4.78 is 0. The molecule has 0 radical (unpaired) electrons. The van der Waals surface area contributed by atoms with Crippen LogP contribution in [-0.2, 0) is 0 Å². The monoisotopic (exact) mass is 262 g/mol.